The highest BCUT2D eigenvalue weighted by atomic mass is 16.3. The molecule has 2 aromatic rings. The van der Waals surface area contributed by atoms with Crippen LogP contribution in [0.4, 0.5) is 0 Å². The molecule has 0 spiro atoms. The predicted octanol–water partition coefficient (Wildman–Crippen LogP) is 5.43. The molecule has 3 nitrogen and oxygen atoms in total. The zero-order chi connectivity index (χ0) is 19.2. The summed E-state index contributed by atoms with van der Waals surface area (Å²) < 4.78 is 0. The third-order valence-electron chi connectivity index (χ3n) is 5.53. The van der Waals surface area contributed by atoms with E-state index < -0.39 is 0 Å². The van der Waals surface area contributed by atoms with Crippen molar-refractivity contribution in [2.75, 3.05) is 20.6 Å². The van der Waals surface area contributed by atoms with E-state index in [4.69, 9.17) is 0 Å². The Morgan fingerprint density at radius 1 is 0.852 bits per heavy atom. The van der Waals surface area contributed by atoms with Crippen molar-refractivity contribution in [2.24, 2.45) is 5.92 Å². The second kappa shape index (κ2) is 9.09. The molecule has 2 N–H and O–H groups in total. The fraction of sp³-hybridized carbons (Fsp3) is 0.417. The van der Waals surface area contributed by atoms with Gasteiger partial charge in [-0.2, -0.15) is 0 Å². The fourth-order valence-corrected chi connectivity index (χ4v) is 4.19. The SMILES string of the molecule is CN(C)CCCC(=C(c1ccc(O)cc1)c1ccc(O)cc1)C1CCCC1. The van der Waals surface area contributed by atoms with Crippen LogP contribution in [0, 0.1) is 5.92 Å². The highest BCUT2D eigenvalue weighted by Crippen LogP contribution is 2.40. The minimum atomic E-state index is 0.291. The molecule has 0 bridgehead atoms. The smallest absolute Gasteiger partial charge is 0.115 e. The molecule has 2 aromatic carbocycles. The summed E-state index contributed by atoms with van der Waals surface area (Å²) in [6.07, 6.45) is 7.35. The van der Waals surface area contributed by atoms with Crippen LogP contribution in [0.25, 0.3) is 5.57 Å². The van der Waals surface area contributed by atoms with Gasteiger partial charge in [0, 0.05) is 0 Å². The van der Waals surface area contributed by atoms with Gasteiger partial charge in [-0.05, 0) is 93.2 Å². The average molecular weight is 366 g/mol. The van der Waals surface area contributed by atoms with Crippen molar-refractivity contribution < 1.29 is 10.2 Å². The Morgan fingerprint density at radius 2 is 1.33 bits per heavy atom. The number of aromatic hydroxyl groups is 2. The molecular weight excluding hydrogens is 334 g/mol. The standard InChI is InChI=1S/C24H31NO2/c1-25(2)17-5-8-23(18-6-3-4-7-18)24(19-9-13-21(26)14-10-19)20-11-15-22(27)16-12-20/h9-16,18,26-27H,3-8,17H2,1-2H3. The van der Waals surface area contributed by atoms with Gasteiger partial charge in [0.15, 0.2) is 0 Å². The Balaban J connectivity index is 2.08. The summed E-state index contributed by atoms with van der Waals surface area (Å²) in [5.74, 6) is 1.21. The zero-order valence-electron chi connectivity index (χ0n) is 16.5. The summed E-state index contributed by atoms with van der Waals surface area (Å²) in [4.78, 5) is 2.24. The summed E-state index contributed by atoms with van der Waals surface area (Å²) in [6, 6.07) is 15.1. The molecule has 0 saturated heterocycles. The van der Waals surface area contributed by atoms with E-state index in [1.165, 1.54) is 36.8 Å². The maximum atomic E-state index is 9.74. The number of rotatable bonds is 7. The third-order valence-corrected chi connectivity index (χ3v) is 5.53. The molecule has 1 aliphatic carbocycles. The molecule has 0 aliphatic heterocycles. The maximum absolute atomic E-state index is 9.74. The minimum absolute atomic E-state index is 0.291. The van der Waals surface area contributed by atoms with Crippen molar-refractivity contribution >= 4 is 5.57 Å². The Labute approximate surface area is 163 Å². The fourth-order valence-electron chi connectivity index (χ4n) is 4.19. The second-order valence-electron chi connectivity index (χ2n) is 7.88. The van der Waals surface area contributed by atoms with Gasteiger partial charge in [-0.25, -0.2) is 0 Å². The van der Waals surface area contributed by atoms with E-state index in [1.54, 1.807) is 24.3 Å². The lowest BCUT2D eigenvalue weighted by Gasteiger charge is -2.23. The lowest BCUT2D eigenvalue weighted by atomic mass is 9.83. The van der Waals surface area contributed by atoms with Crippen LogP contribution in [0.15, 0.2) is 54.1 Å². The van der Waals surface area contributed by atoms with Crippen molar-refractivity contribution in [1.29, 1.82) is 0 Å². The Bertz CT molecular complexity index is 706. The van der Waals surface area contributed by atoms with Crippen molar-refractivity contribution in [3.8, 4) is 11.5 Å². The molecule has 0 heterocycles. The minimum Gasteiger partial charge on any atom is -0.508 e. The second-order valence-corrected chi connectivity index (χ2v) is 7.88. The van der Waals surface area contributed by atoms with Crippen LogP contribution in [-0.4, -0.2) is 35.8 Å². The van der Waals surface area contributed by atoms with Gasteiger partial charge in [-0.1, -0.05) is 42.7 Å². The van der Waals surface area contributed by atoms with Crippen molar-refractivity contribution in [2.45, 2.75) is 38.5 Å². The van der Waals surface area contributed by atoms with Gasteiger partial charge >= 0.3 is 0 Å². The molecular formula is C24H31NO2. The normalized spacial score (nSPS) is 14.6. The number of nitrogens with zero attached hydrogens (tertiary/aromatic N) is 1. The van der Waals surface area contributed by atoms with E-state index in [0.29, 0.717) is 17.4 Å². The van der Waals surface area contributed by atoms with Gasteiger partial charge in [-0.15, -0.1) is 0 Å². The molecule has 0 unspecified atom stereocenters. The summed E-state index contributed by atoms with van der Waals surface area (Å²) in [5.41, 5.74) is 5.10. The molecule has 1 aliphatic rings. The van der Waals surface area contributed by atoms with E-state index in [0.717, 1.165) is 30.5 Å². The topological polar surface area (TPSA) is 43.7 Å². The molecule has 0 aromatic heterocycles. The van der Waals surface area contributed by atoms with Crippen LogP contribution in [-0.2, 0) is 0 Å². The van der Waals surface area contributed by atoms with Gasteiger partial charge < -0.3 is 15.1 Å². The molecule has 3 heteroatoms. The molecule has 27 heavy (non-hydrogen) atoms. The molecule has 1 saturated carbocycles. The van der Waals surface area contributed by atoms with Crippen LogP contribution >= 0.6 is 0 Å². The maximum Gasteiger partial charge on any atom is 0.115 e. The Morgan fingerprint density at radius 3 is 1.78 bits per heavy atom. The highest BCUT2D eigenvalue weighted by molar-refractivity contribution is 5.82. The summed E-state index contributed by atoms with van der Waals surface area (Å²) in [6.45, 7) is 1.08. The summed E-state index contributed by atoms with van der Waals surface area (Å²) in [5, 5.41) is 19.5. The largest absolute Gasteiger partial charge is 0.508 e. The number of benzene rings is 2. The number of hydrogen-bond acceptors (Lipinski definition) is 3. The highest BCUT2D eigenvalue weighted by Gasteiger charge is 2.23. The number of phenolic OH excluding ortho intramolecular Hbond substituents is 2. The molecule has 3 rings (SSSR count). The lowest BCUT2D eigenvalue weighted by molar-refractivity contribution is 0.396. The van der Waals surface area contributed by atoms with Gasteiger partial charge in [0.2, 0.25) is 0 Å². The Hall–Kier alpha value is -2.26. The van der Waals surface area contributed by atoms with Gasteiger partial charge in [-0.3, -0.25) is 0 Å². The number of hydrogen-bond donors (Lipinski definition) is 2. The Kier molecular flexibility index (Phi) is 6.57. The third kappa shape index (κ3) is 5.14. The van der Waals surface area contributed by atoms with Gasteiger partial charge in [0.1, 0.15) is 11.5 Å². The first-order valence-corrected chi connectivity index (χ1v) is 10.0. The van der Waals surface area contributed by atoms with Crippen LogP contribution in [0.3, 0.4) is 0 Å². The van der Waals surface area contributed by atoms with E-state index in [-0.39, 0.29) is 0 Å². The molecule has 1 fully saturated rings. The number of allylic oxidation sites excluding steroid dienone is 1. The lowest BCUT2D eigenvalue weighted by Crippen LogP contribution is -2.14. The first-order chi connectivity index (χ1) is 13.0. The van der Waals surface area contributed by atoms with Gasteiger partial charge in [0.25, 0.3) is 0 Å². The van der Waals surface area contributed by atoms with Gasteiger partial charge in [0.05, 0.1) is 0 Å². The van der Waals surface area contributed by atoms with Crippen molar-refractivity contribution in [1.82, 2.24) is 4.90 Å². The first-order valence-electron chi connectivity index (χ1n) is 10.0. The van der Waals surface area contributed by atoms with Crippen LogP contribution < -0.4 is 0 Å². The molecule has 0 amide bonds. The van der Waals surface area contributed by atoms with Crippen LogP contribution in [0.1, 0.15) is 49.7 Å². The van der Waals surface area contributed by atoms with E-state index in [2.05, 4.69) is 19.0 Å². The van der Waals surface area contributed by atoms with E-state index in [1.807, 2.05) is 24.3 Å². The van der Waals surface area contributed by atoms with Crippen molar-refractivity contribution in [3.63, 3.8) is 0 Å². The predicted molar refractivity (Wildman–Crippen MR) is 112 cm³/mol. The van der Waals surface area contributed by atoms with E-state index >= 15 is 0 Å². The molecule has 0 radical (unpaired) electrons. The summed E-state index contributed by atoms with van der Waals surface area (Å²) >= 11 is 0. The average Bonchev–Trinajstić information content (AvgIpc) is 3.18. The van der Waals surface area contributed by atoms with E-state index in [9.17, 15) is 10.2 Å². The molecule has 144 valence electrons. The monoisotopic (exact) mass is 365 g/mol. The van der Waals surface area contributed by atoms with Crippen LogP contribution in [0.2, 0.25) is 0 Å². The van der Waals surface area contributed by atoms with Crippen molar-refractivity contribution in [3.05, 3.63) is 65.2 Å². The first kappa shape index (κ1) is 19.5. The summed E-state index contributed by atoms with van der Waals surface area (Å²) in [7, 11) is 4.25. The zero-order valence-corrected chi connectivity index (χ0v) is 16.5. The molecule has 0 atom stereocenters. The number of phenols is 2. The van der Waals surface area contributed by atoms with Crippen LogP contribution in [0.5, 0.6) is 11.5 Å². The quantitative estimate of drug-likeness (QED) is 0.687.